The highest BCUT2D eigenvalue weighted by molar-refractivity contribution is 5.15. The number of rotatable bonds is 6. The van der Waals surface area contributed by atoms with Gasteiger partial charge in [-0.05, 0) is 30.7 Å². The van der Waals surface area contributed by atoms with Crippen molar-refractivity contribution in [3.8, 4) is 0 Å². The van der Waals surface area contributed by atoms with Gasteiger partial charge in [0.05, 0.1) is 6.10 Å². The van der Waals surface area contributed by atoms with Crippen LogP contribution in [0, 0.1) is 5.92 Å². The van der Waals surface area contributed by atoms with Gasteiger partial charge in [-0.15, -0.1) is 0 Å². The van der Waals surface area contributed by atoms with Gasteiger partial charge in [0, 0.05) is 6.61 Å². The molecule has 94 valence electrons. The third kappa shape index (κ3) is 3.85. The largest absolute Gasteiger partial charge is 0.378 e. The fourth-order valence-corrected chi connectivity index (χ4v) is 2.76. The van der Waals surface area contributed by atoms with Gasteiger partial charge in [-0.3, -0.25) is 0 Å². The first kappa shape index (κ1) is 12.6. The van der Waals surface area contributed by atoms with Crippen molar-refractivity contribution < 1.29 is 4.74 Å². The Kier molecular flexibility index (Phi) is 5.06. The number of ether oxygens (including phenoxy) is 1. The van der Waals surface area contributed by atoms with Gasteiger partial charge in [-0.1, -0.05) is 56.5 Å². The second kappa shape index (κ2) is 6.80. The molecule has 2 rings (SSSR count). The van der Waals surface area contributed by atoms with E-state index in [9.17, 15) is 0 Å². The van der Waals surface area contributed by atoms with Crippen LogP contribution in [0.15, 0.2) is 30.3 Å². The topological polar surface area (TPSA) is 9.23 Å². The molecule has 0 aliphatic carbocycles. The van der Waals surface area contributed by atoms with Gasteiger partial charge in [0.25, 0.3) is 0 Å². The Bertz CT molecular complexity index is 307. The van der Waals surface area contributed by atoms with Crippen LogP contribution in [0.25, 0.3) is 0 Å². The van der Waals surface area contributed by atoms with Crippen molar-refractivity contribution in [2.75, 3.05) is 6.61 Å². The highest BCUT2D eigenvalue weighted by Gasteiger charge is 2.27. The molecule has 0 bridgehead atoms. The van der Waals surface area contributed by atoms with E-state index in [4.69, 9.17) is 4.74 Å². The molecule has 1 fully saturated rings. The number of unbranched alkanes of at least 4 members (excludes halogenated alkanes) is 2. The van der Waals surface area contributed by atoms with Crippen molar-refractivity contribution in [2.24, 2.45) is 5.92 Å². The van der Waals surface area contributed by atoms with E-state index in [2.05, 4.69) is 37.3 Å². The smallest absolute Gasteiger partial charge is 0.0607 e. The summed E-state index contributed by atoms with van der Waals surface area (Å²) in [6, 6.07) is 10.8. The Morgan fingerprint density at radius 1 is 1.18 bits per heavy atom. The Hall–Kier alpha value is -0.820. The van der Waals surface area contributed by atoms with Gasteiger partial charge in [-0.25, -0.2) is 0 Å². The van der Waals surface area contributed by atoms with E-state index in [1.165, 1.54) is 44.1 Å². The van der Waals surface area contributed by atoms with Crippen LogP contribution < -0.4 is 0 Å². The van der Waals surface area contributed by atoms with Gasteiger partial charge >= 0.3 is 0 Å². The van der Waals surface area contributed by atoms with Gasteiger partial charge in [0.15, 0.2) is 0 Å². The summed E-state index contributed by atoms with van der Waals surface area (Å²) >= 11 is 0. The maximum Gasteiger partial charge on any atom is 0.0607 e. The first-order chi connectivity index (χ1) is 8.40. The van der Waals surface area contributed by atoms with Crippen molar-refractivity contribution >= 4 is 0 Å². The molecule has 0 amide bonds. The van der Waals surface area contributed by atoms with E-state index < -0.39 is 0 Å². The molecule has 1 heterocycles. The van der Waals surface area contributed by atoms with Crippen LogP contribution in [0.2, 0.25) is 0 Å². The zero-order chi connectivity index (χ0) is 11.9. The van der Waals surface area contributed by atoms with Crippen molar-refractivity contribution in [1.29, 1.82) is 0 Å². The third-order valence-electron chi connectivity index (χ3n) is 3.78. The Morgan fingerprint density at radius 3 is 2.76 bits per heavy atom. The second-order valence-electron chi connectivity index (χ2n) is 5.14. The number of benzene rings is 1. The van der Waals surface area contributed by atoms with Crippen LogP contribution in [0.1, 0.15) is 44.6 Å². The summed E-state index contributed by atoms with van der Waals surface area (Å²) in [6.45, 7) is 3.23. The van der Waals surface area contributed by atoms with Gasteiger partial charge in [-0.2, -0.15) is 0 Å². The lowest BCUT2D eigenvalue weighted by Gasteiger charge is -2.18. The minimum absolute atomic E-state index is 0.516. The fraction of sp³-hybridized carbons (Fsp3) is 0.625. The summed E-state index contributed by atoms with van der Waals surface area (Å²) < 4.78 is 5.88. The van der Waals surface area contributed by atoms with Crippen LogP contribution in [-0.4, -0.2) is 12.7 Å². The molecule has 0 unspecified atom stereocenters. The maximum atomic E-state index is 5.88. The molecule has 1 saturated heterocycles. The van der Waals surface area contributed by atoms with Crippen LogP contribution in [-0.2, 0) is 11.2 Å². The predicted molar refractivity (Wildman–Crippen MR) is 72.1 cm³/mol. The zero-order valence-electron chi connectivity index (χ0n) is 10.9. The molecule has 0 aromatic heterocycles. The minimum atomic E-state index is 0.516. The average molecular weight is 232 g/mol. The molecule has 1 heteroatoms. The molecule has 1 aliphatic heterocycles. The van der Waals surface area contributed by atoms with Gasteiger partial charge < -0.3 is 4.74 Å². The number of hydrogen-bond donors (Lipinski definition) is 0. The molecule has 17 heavy (non-hydrogen) atoms. The van der Waals surface area contributed by atoms with Crippen LogP contribution >= 0.6 is 0 Å². The first-order valence-corrected chi connectivity index (χ1v) is 7.05. The van der Waals surface area contributed by atoms with E-state index >= 15 is 0 Å². The molecule has 1 aromatic rings. The summed E-state index contributed by atoms with van der Waals surface area (Å²) in [4.78, 5) is 0. The van der Waals surface area contributed by atoms with E-state index in [1.807, 2.05) is 0 Å². The first-order valence-electron chi connectivity index (χ1n) is 7.05. The molecule has 1 aromatic carbocycles. The maximum absolute atomic E-state index is 5.88. The number of hydrogen-bond acceptors (Lipinski definition) is 1. The monoisotopic (exact) mass is 232 g/mol. The molecule has 1 nitrogen and oxygen atoms in total. The minimum Gasteiger partial charge on any atom is -0.378 e. The van der Waals surface area contributed by atoms with E-state index in [0.717, 1.165) is 12.5 Å². The third-order valence-corrected chi connectivity index (χ3v) is 3.78. The summed E-state index contributed by atoms with van der Waals surface area (Å²) in [5.41, 5.74) is 1.46. The van der Waals surface area contributed by atoms with Gasteiger partial charge in [0.1, 0.15) is 0 Å². The molecule has 0 N–H and O–H groups in total. The Labute approximate surface area is 105 Å². The molecule has 0 spiro atoms. The predicted octanol–water partition coefficient (Wildman–Crippen LogP) is 4.21. The summed E-state index contributed by atoms with van der Waals surface area (Å²) in [6.07, 6.45) is 8.18. The van der Waals surface area contributed by atoms with E-state index in [0.29, 0.717) is 6.10 Å². The standard InChI is InChI=1S/C16H24O/c1-2-3-5-10-16-15(11-12-17-16)13-14-8-6-4-7-9-14/h4,6-9,15-16H,2-3,5,10-13H2,1H3/t15-,16-/m1/s1. The summed E-state index contributed by atoms with van der Waals surface area (Å²) in [7, 11) is 0. The van der Waals surface area contributed by atoms with Crippen molar-refractivity contribution in [1.82, 2.24) is 0 Å². The second-order valence-corrected chi connectivity index (χ2v) is 5.14. The molecular weight excluding hydrogens is 208 g/mol. The molecule has 0 radical (unpaired) electrons. The summed E-state index contributed by atoms with van der Waals surface area (Å²) in [5.74, 6) is 0.745. The van der Waals surface area contributed by atoms with Crippen molar-refractivity contribution in [3.05, 3.63) is 35.9 Å². The van der Waals surface area contributed by atoms with Crippen molar-refractivity contribution in [2.45, 2.75) is 51.6 Å². The van der Waals surface area contributed by atoms with E-state index in [1.54, 1.807) is 0 Å². The molecule has 0 saturated carbocycles. The lowest BCUT2D eigenvalue weighted by Crippen LogP contribution is -2.18. The van der Waals surface area contributed by atoms with E-state index in [-0.39, 0.29) is 0 Å². The lowest BCUT2D eigenvalue weighted by molar-refractivity contribution is 0.0812. The van der Waals surface area contributed by atoms with Crippen molar-refractivity contribution in [3.63, 3.8) is 0 Å². The Morgan fingerprint density at radius 2 is 2.00 bits per heavy atom. The van der Waals surface area contributed by atoms with Crippen LogP contribution in [0.4, 0.5) is 0 Å². The highest BCUT2D eigenvalue weighted by Crippen LogP contribution is 2.28. The molecule has 2 atom stereocenters. The lowest BCUT2D eigenvalue weighted by atomic mass is 9.90. The highest BCUT2D eigenvalue weighted by atomic mass is 16.5. The quantitative estimate of drug-likeness (QED) is 0.667. The fourth-order valence-electron chi connectivity index (χ4n) is 2.76. The molecular formula is C16H24O. The zero-order valence-corrected chi connectivity index (χ0v) is 10.9. The van der Waals surface area contributed by atoms with Crippen LogP contribution in [0.5, 0.6) is 0 Å². The van der Waals surface area contributed by atoms with Gasteiger partial charge in [0.2, 0.25) is 0 Å². The molecule has 1 aliphatic rings. The van der Waals surface area contributed by atoms with Crippen LogP contribution in [0.3, 0.4) is 0 Å². The average Bonchev–Trinajstić information content (AvgIpc) is 2.79. The summed E-state index contributed by atoms with van der Waals surface area (Å²) in [5, 5.41) is 0. The SMILES string of the molecule is CCCCC[C@H]1OCC[C@@H]1Cc1ccccc1. The Balaban J connectivity index is 1.82. The normalized spacial score (nSPS) is 24.1.